The smallest absolute Gasteiger partial charge is 0.0991 e. The molecule has 0 bridgehead atoms. The fraction of sp³-hybridized carbons (Fsp3) is 0.350. The van der Waals surface area contributed by atoms with Gasteiger partial charge in [-0.25, -0.2) is 0 Å². The first kappa shape index (κ1) is 18.2. The van der Waals surface area contributed by atoms with E-state index in [2.05, 4.69) is 6.07 Å². The molecule has 0 aliphatic carbocycles. The van der Waals surface area contributed by atoms with Crippen LogP contribution in [0.25, 0.3) is 0 Å². The third-order valence-electron chi connectivity index (χ3n) is 3.72. The SMILES string of the molecule is CC(C)(O)CN(Cc1ccccc1)CC(O)c1ccc(C#N)cc1. The first-order chi connectivity index (χ1) is 11.4. The molecule has 0 heterocycles. The molecule has 0 aliphatic heterocycles. The second-order valence-electron chi connectivity index (χ2n) is 6.72. The first-order valence-electron chi connectivity index (χ1n) is 8.04. The molecule has 0 aliphatic rings. The van der Waals surface area contributed by atoms with E-state index in [0.717, 1.165) is 11.1 Å². The van der Waals surface area contributed by atoms with E-state index < -0.39 is 11.7 Å². The van der Waals surface area contributed by atoms with Crippen molar-refractivity contribution in [1.29, 1.82) is 5.26 Å². The number of rotatable bonds is 7. The Balaban J connectivity index is 2.09. The average Bonchev–Trinajstić information content (AvgIpc) is 2.54. The van der Waals surface area contributed by atoms with Gasteiger partial charge in [0.15, 0.2) is 0 Å². The zero-order chi connectivity index (χ0) is 17.6. The van der Waals surface area contributed by atoms with Crippen LogP contribution in [0.15, 0.2) is 54.6 Å². The molecular weight excluding hydrogens is 300 g/mol. The Morgan fingerprint density at radius 2 is 1.71 bits per heavy atom. The largest absolute Gasteiger partial charge is 0.389 e. The molecule has 0 amide bonds. The molecule has 24 heavy (non-hydrogen) atoms. The summed E-state index contributed by atoms with van der Waals surface area (Å²) in [5, 5.41) is 29.5. The summed E-state index contributed by atoms with van der Waals surface area (Å²) in [4.78, 5) is 2.04. The van der Waals surface area contributed by atoms with E-state index in [-0.39, 0.29) is 0 Å². The minimum Gasteiger partial charge on any atom is -0.389 e. The van der Waals surface area contributed by atoms with Crippen LogP contribution < -0.4 is 0 Å². The third kappa shape index (κ3) is 5.78. The number of nitriles is 1. The molecule has 2 N–H and O–H groups in total. The number of aliphatic hydroxyl groups is 2. The number of aliphatic hydroxyl groups excluding tert-OH is 1. The second-order valence-corrected chi connectivity index (χ2v) is 6.72. The molecule has 0 fully saturated rings. The Morgan fingerprint density at radius 1 is 1.08 bits per heavy atom. The van der Waals surface area contributed by atoms with Gasteiger partial charge < -0.3 is 10.2 Å². The lowest BCUT2D eigenvalue weighted by Crippen LogP contribution is -2.40. The van der Waals surface area contributed by atoms with Gasteiger partial charge in [-0.1, -0.05) is 42.5 Å². The lowest BCUT2D eigenvalue weighted by Gasteiger charge is -2.30. The zero-order valence-corrected chi connectivity index (χ0v) is 14.2. The molecule has 0 saturated carbocycles. The molecule has 1 atom stereocenters. The van der Waals surface area contributed by atoms with E-state index in [0.29, 0.717) is 25.2 Å². The topological polar surface area (TPSA) is 67.5 Å². The van der Waals surface area contributed by atoms with E-state index >= 15 is 0 Å². The number of hydrogen-bond acceptors (Lipinski definition) is 4. The molecule has 1 unspecified atom stereocenters. The lowest BCUT2D eigenvalue weighted by molar-refractivity contribution is 0.0150. The predicted molar refractivity (Wildman–Crippen MR) is 94.1 cm³/mol. The highest BCUT2D eigenvalue weighted by molar-refractivity contribution is 5.32. The van der Waals surface area contributed by atoms with Crippen molar-refractivity contribution in [2.75, 3.05) is 13.1 Å². The van der Waals surface area contributed by atoms with Crippen LogP contribution in [-0.2, 0) is 6.54 Å². The Morgan fingerprint density at radius 3 is 2.25 bits per heavy atom. The van der Waals surface area contributed by atoms with E-state index in [1.54, 1.807) is 38.1 Å². The van der Waals surface area contributed by atoms with Crippen LogP contribution >= 0.6 is 0 Å². The van der Waals surface area contributed by atoms with Gasteiger partial charge in [-0.05, 0) is 37.1 Å². The fourth-order valence-electron chi connectivity index (χ4n) is 2.70. The third-order valence-corrected chi connectivity index (χ3v) is 3.72. The highest BCUT2D eigenvalue weighted by Crippen LogP contribution is 2.18. The summed E-state index contributed by atoms with van der Waals surface area (Å²) in [6.45, 7) is 5.04. The summed E-state index contributed by atoms with van der Waals surface area (Å²) < 4.78 is 0. The zero-order valence-electron chi connectivity index (χ0n) is 14.2. The molecule has 4 nitrogen and oxygen atoms in total. The molecule has 2 aromatic rings. The van der Waals surface area contributed by atoms with Crippen molar-refractivity contribution in [3.63, 3.8) is 0 Å². The highest BCUT2D eigenvalue weighted by atomic mass is 16.3. The van der Waals surface area contributed by atoms with Crippen LogP contribution in [0.2, 0.25) is 0 Å². The van der Waals surface area contributed by atoms with Crippen LogP contribution in [0.3, 0.4) is 0 Å². The molecule has 0 radical (unpaired) electrons. The molecule has 126 valence electrons. The second kappa shape index (κ2) is 8.07. The van der Waals surface area contributed by atoms with Gasteiger partial charge in [0.1, 0.15) is 0 Å². The quantitative estimate of drug-likeness (QED) is 0.822. The van der Waals surface area contributed by atoms with E-state index in [1.807, 2.05) is 35.2 Å². The van der Waals surface area contributed by atoms with Crippen LogP contribution in [0, 0.1) is 11.3 Å². The van der Waals surface area contributed by atoms with Crippen LogP contribution in [0.4, 0.5) is 0 Å². The molecule has 2 aromatic carbocycles. The molecule has 2 rings (SSSR count). The fourth-order valence-corrected chi connectivity index (χ4v) is 2.70. The number of benzene rings is 2. The maximum absolute atomic E-state index is 10.5. The monoisotopic (exact) mass is 324 g/mol. The first-order valence-corrected chi connectivity index (χ1v) is 8.04. The number of nitrogens with zero attached hydrogens (tertiary/aromatic N) is 2. The van der Waals surface area contributed by atoms with Crippen LogP contribution in [-0.4, -0.2) is 33.8 Å². The maximum Gasteiger partial charge on any atom is 0.0991 e. The molecule has 0 saturated heterocycles. The van der Waals surface area contributed by atoms with Crippen LogP contribution in [0.5, 0.6) is 0 Å². The Bertz CT molecular complexity index is 670. The van der Waals surface area contributed by atoms with Gasteiger partial charge in [-0.15, -0.1) is 0 Å². The normalized spacial score (nSPS) is 12.8. The summed E-state index contributed by atoms with van der Waals surface area (Å²) in [5.74, 6) is 0. The highest BCUT2D eigenvalue weighted by Gasteiger charge is 2.21. The maximum atomic E-state index is 10.5. The lowest BCUT2D eigenvalue weighted by atomic mass is 10.0. The van der Waals surface area contributed by atoms with Crippen molar-refractivity contribution in [3.05, 3.63) is 71.3 Å². The Hall–Kier alpha value is -2.19. The summed E-state index contributed by atoms with van der Waals surface area (Å²) >= 11 is 0. The molecule has 0 spiro atoms. The van der Waals surface area contributed by atoms with Gasteiger partial charge in [-0.3, -0.25) is 4.90 Å². The van der Waals surface area contributed by atoms with Crippen molar-refractivity contribution in [1.82, 2.24) is 4.90 Å². The van der Waals surface area contributed by atoms with Crippen molar-refractivity contribution in [2.24, 2.45) is 0 Å². The van der Waals surface area contributed by atoms with Gasteiger partial charge in [0.05, 0.1) is 23.3 Å². The molecule has 4 heteroatoms. The summed E-state index contributed by atoms with van der Waals surface area (Å²) in [6, 6.07) is 19.0. The van der Waals surface area contributed by atoms with Crippen molar-refractivity contribution in [3.8, 4) is 6.07 Å². The average molecular weight is 324 g/mol. The number of hydrogen-bond donors (Lipinski definition) is 2. The minimum absolute atomic E-state index is 0.408. The van der Waals surface area contributed by atoms with Gasteiger partial charge in [0.2, 0.25) is 0 Å². The summed E-state index contributed by atoms with van der Waals surface area (Å²) in [7, 11) is 0. The summed E-state index contributed by atoms with van der Waals surface area (Å²) in [6.07, 6.45) is -0.677. The Kier molecular flexibility index (Phi) is 6.10. The minimum atomic E-state index is -0.848. The van der Waals surface area contributed by atoms with Gasteiger partial charge >= 0.3 is 0 Å². The molecular formula is C20H24N2O2. The van der Waals surface area contributed by atoms with Crippen molar-refractivity contribution >= 4 is 0 Å². The van der Waals surface area contributed by atoms with Gasteiger partial charge in [-0.2, -0.15) is 5.26 Å². The summed E-state index contributed by atoms with van der Waals surface area (Å²) in [5.41, 5.74) is 1.62. The van der Waals surface area contributed by atoms with E-state index in [9.17, 15) is 10.2 Å². The van der Waals surface area contributed by atoms with E-state index in [1.165, 1.54) is 0 Å². The predicted octanol–water partition coefficient (Wildman–Crippen LogP) is 2.86. The van der Waals surface area contributed by atoms with Crippen LogP contribution in [0.1, 0.15) is 36.6 Å². The van der Waals surface area contributed by atoms with E-state index in [4.69, 9.17) is 5.26 Å². The Labute approximate surface area is 143 Å². The van der Waals surface area contributed by atoms with Gasteiger partial charge in [0, 0.05) is 19.6 Å². The standard InChI is InChI=1S/C20H24N2O2/c1-20(2,24)15-22(13-17-6-4-3-5-7-17)14-19(23)18-10-8-16(12-21)9-11-18/h3-11,19,23-24H,13-15H2,1-2H3. The van der Waals surface area contributed by atoms with Crippen molar-refractivity contribution < 1.29 is 10.2 Å². The van der Waals surface area contributed by atoms with Crippen molar-refractivity contribution in [2.45, 2.75) is 32.1 Å². The molecule has 0 aromatic heterocycles. The van der Waals surface area contributed by atoms with Gasteiger partial charge in [0.25, 0.3) is 0 Å².